The van der Waals surface area contributed by atoms with Gasteiger partial charge < -0.3 is 9.25 Å². The second kappa shape index (κ2) is 6.45. The van der Waals surface area contributed by atoms with Crippen molar-refractivity contribution >= 4 is 16.8 Å². The minimum Gasteiger partial charge on any atom is -0.403 e. The van der Waals surface area contributed by atoms with Crippen molar-refractivity contribution in [1.82, 2.24) is 15.0 Å². The normalized spacial score (nSPS) is 11.7. The highest BCUT2D eigenvalue weighted by Gasteiger charge is 2.12. The van der Waals surface area contributed by atoms with Crippen LogP contribution in [-0.4, -0.2) is 20.7 Å². The van der Waals surface area contributed by atoms with E-state index in [1.807, 2.05) is 13.0 Å². The lowest BCUT2D eigenvalue weighted by molar-refractivity contribution is 0.311. The molecule has 3 rings (SSSR count). The Morgan fingerprint density at radius 3 is 2.92 bits per heavy atom. The molecule has 0 aliphatic heterocycles. The van der Waals surface area contributed by atoms with Crippen LogP contribution in [0, 0.1) is 0 Å². The van der Waals surface area contributed by atoms with Crippen LogP contribution in [0.25, 0.3) is 11.1 Å². The summed E-state index contributed by atoms with van der Waals surface area (Å²) in [5.74, 6) is 0. The third-order valence-corrected chi connectivity index (χ3v) is 3.36. The summed E-state index contributed by atoms with van der Waals surface area (Å²) in [7, 11) is 0. The van der Waals surface area contributed by atoms with Crippen molar-refractivity contribution < 1.29 is 9.25 Å². The number of H-pyrrole nitrogens is 1. The molecule has 3 aromatic rings. The van der Waals surface area contributed by atoms with Crippen LogP contribution in [0.3, 0.4) is 0 Å². The standard InChI is InChI=1S/C16H14N4O4/c1-3-10-8-12(21)23-15-13(10)14(22)18-16(19-15)24-20-9(2)11-6-4-5-7-17-11/h4-8H,3H2,1-2H3,(H,18,19,22)/b20-9+. The Kier molecular flexibility index (Phi) is 4.19. The molecule has 3 heterocycles. The van der Waals surface area contributed by atoms with Gasteiger partial charge in [-0.05, 0) is 31.0 Å². The molecular weight excluding hydrogens is 312 g/mol. The number of oxime groups is 1. The topological polar surface area (TPSA) is 110 Å². The van der Waals surface area contributed by atoms with Gasteiger partial charge in [-0.1, -0.05) is 18.1 Å². The summed E-state index contributed by atoms with van der Waals surface area (Å²) in [6, 6.07) is 6.49. The van der Waals surface area contributed by atoms with E-state index < -0.39 is 11.2 Å². The van der Waals surface area contributed by atoms with Crippen molar-refractivity contribution in [2.75, 3.05) is 0 Å². The number of fused-ring (bicyclic) bond motifs is 1. The smallest absolute Gasteiger partial charge is 0.337 e. The van der Waals surface area contributed by atoms with E-state index in [9.17, 15) is 9.59 Å². The first-order chi connectivity index (χ1) is 11.6. The number of nitrogens with zero attached hydrogens (tertiary/aromatic N) is 3. The second-order valence-electron chi connectivity index (χ2n) is 4.98. The van der Waals surface area contributed by atoms with Gasteiger partial charge in [0.25, 0.3) is 5.56 Å². The molecule has 0 amide bonds. The minimum atomic E-state index is -0.573. The number of hydrogen-bond donors (Lipinski definition) is 1. The Hall–Kier alpha value is -3.29. The molecule has 0 aliphatic carbocycles. The van der Waals surface area contributed by atoms with Crippen molar-refractivity contribution in [2.24, 2.45) is 5.16 Å². The van der Waals surface area contributed by atoms with Crippen molar-refractivity contribution in [3.05, 3.63) is 62.5 Å². The van der Waals surface area contributed by atoms with E-state index >= 15 is 0 Å². The zero-order chi connectivity index (χ0) is 17.1. The van der Waals surface area contributed by atoms with Crippen molar-refractivity contribution in [3.8, 4) is 6.01 Å². The van der Waals surface area contributed by atoms with Crippen LogP contribution < -0.4 is 16.0 Å². The van der Waals surface area contributed by atoms with E-state index in [4.69, 9.17) is 9.25 Å². The van der Waals surface area contributed by atoms with Gasteiger partial charge in [0.1, 0.15) is 11.1 Å². The summed E-state index contributed by atoms with van der Waals surface area (Å²) in [6.07, 6.45) is 2.13. The zero-order valence-electron chi connectivity index (χ0n) is 13.1. The van der Waals surface area contributed by atoms with Crippen LogP contribution in [0.5, 0.6) is 6.01 Å². The molecule has 1 N–H and O–H groups in total. The van der Waals surface area contributed by atoms with E-state index in [-0.39, 0.29) is 17.1 Å². The Bertz CT molecular complexity index is 1020. The number of aromatic nitrogens is 3. The average Bonchev–Trinajstić information content (AvgIpc) is 2.59. The Morgan fingerprint density at radius 1 is 1.38 bits per heavy atom. The molecule has 0 fully saturated rings. The quantitative estimate of drug-likeness (QED) is 0.576. The van der Waals surface area contributed by atoms with E-state index in [1.165, 1.54) is 6.07 Å². The molecule has 0 unspecified atom stereocenters. The molecular formula is C16H14N4O4. The van der Waals surface area contributed by atoms with Gasteiger partial charge in [-0.3, -0.25) is 14.8 Å². The van der Waals surface area contributed by atoms with E-state index in [0.717, 1.165) is 0 Å². The molecule has 0 aliphatic rings. The van der Waals surface area contributed by atoms with Crippen LogP contribution >= 0.6 is 0 Å². The van der Waals surface area contributed by atoms with Gasteiger partial charge >= 0.3 is 11.6 Å². The molecule has 0 saturated heterocycles. The fourth-order valence-corrected chi connectivity index (χ4v) is 2.19. The van der Waals surface area contributed by atoms with Gasteiger partial charge in [0.05, 0.1) is 5.69 Å². The maximum Gasteiger partial charge on any atom is 0.337 e. The van der Waals surface area contributed by atoms with Crippen molar-refractivity contribution in [3.63, 3.8) is 0 Å². The third-order valence-electron chi connectivity index (χ3n) is 3.36. The summed E-state index contributed by atoms with van der Waals surface area (Å²) in [6.45, 7) is 3.54. The third kappa shape index (κ3) is 3.07. The molecule has 0 aromatic carbocycles. The number of pyridine rings is 1. The van der Waals surface area contributed by atoms with Gasteiger partial charge in [-0.15, -0.1) is 0 Å². The molecule has 8 heteroatoms. The lowest BCUT2D eigenvalue weighted by atomic mass is 10.1. The molecule has 0 saturated carbocycles. The molecule has 8 nitrogen and oxygen atoms in total. The fraction of sp³-hybridized carbons (Fsp3) is 0.188. The monoisotopic (exact) mass is 326 g/mol. The summed E-state index contributed by atoms with van der Waals surface area (Å²) in [5, 5.41) is 4.11. The molecule has 24 heavy (non-hydrogen) atoms. The molecule has 122 valence electrons. The lowest BCUT2D eigenvalue weighted by Crippen LogP contribution is -2.14. The predicted octanol–water partition coefficient (Wildman–Crippen LogP) is 1.64. The Labute approximate surface area is 135 Å². The van der Waals surface area contributed by atoms with Crippen LogP contribution in [-0.2, 0) is 6.42 Å². The van der Waals surface area contributed by atoms with Crippen LogP contribution in [0.4, 0.5) is 0 Å². The van der Waals surface area contributed by atoms with Crippen LogP contribution in [0.2, 0.25) is 0 Å². The predicted molar refractivity (Wildman–Crippen MR) is 87.4 cm³/mol. The number of nitrogens with one attached hydrogen (secondary N) is 1. The minimum absolute atomic E-state index is 0.0798. The molecule has 0 bridgehead atoms. The van der Waals surface area contributed by atoms with Gasteiger partial charge in [0.15, 0.2) is 0 Å². The fourth-order valence-electron chi connectivity index (χ4n) is 2.19. The Morgan fingerprint density at radius 2 is 2.21 bits per heavy atom. The molecule has 0 spiro atoms. The molecule has 0 radical (unpaired) electrons. The highest BCUT2D eigenvalue weighted by Crippen LogP contribution is 2.13. The lowest BCUT2D eigenvalue weighted by Gasteiger charge is -2.03. The van der Waals surface area contributed by atoms with Crippen molar-refractivity contribution in [2.45, 2.75) is 20.3 Å². The van der Waals surface area contributed by atoms with E-state index in [0.29, 0.717) is 23.4 Å². The highest BCUT2D eigenvalue weighted by atomic mass is 16.6. The van der Waals surface area contributed by atoms with E-state index in [2.05, 4.69) is 20.1 Å². The first-order valence-electron chi connectivity index (χ1n) is 7.28. The van der Waals surface area contributed by atoms with Gasteiger partial charge in [-0.25, -0.2) is 4.79 Å². The van der Waals surface area contributed by atoms with E-state index in [1.54, 1.807) is 25.3 Å². The number of hydrogen-bond acceptors (Lipinski definition) is 7. The van der Waals surface area contributed by atoms with Crippen LogP contribution in [0.15, 0.2) is 49.6 Å². The van der Waals surface area contributed by atoms with Gasteiger partial charge in [0, 0.05) is 12.3 Å². The largest absolute Gasteiger partial charge is 0.403 e. The SMILES string of the molecule is CCc1cc(=O)oc2nc(O/N=C(\C)c3ccccn3)[nH]c(=O)c12. The van der Waals surface area contributed by atoms with Gasteiger partial charge in [0.2, 0.25) is 5.71 Å². The molecule has 3 aromatic heterocycles. The Balaban J connectivity index is 2.00. The number of aryl methyl sites for hydroxylation is 1. The zero-order valence-corrected chi connectivity index (χ0v) is 13.1. The highest BCUT2D eigenvalue weighted by molar-refractivity contribution is 5.96. The maximum absolute atomic E-state index is 12.2. The second-order valence-corrected chi connectivity index (χ2v) is 4.98. The number of rotatable bonds is 4. The maximum atomic E-state index is 12.2. The van der Waals surface area contributed by atoms with Crippen molar-refractivity contribution in [1.29, 1.82) is 0 Å². The van der Waals surface area contributed by atoms with Gasteiger partial charge in [-0.2, -0.15) is 4.98 Å². The first-order valence-corrected chi connectivity index (χ1v) is 7.28. The summed E-state index contributed by atoms with van der Waals surface area (Å²) >= 11 is 0. The average molecular weight is 326 g/mol. The molecule has 0 atom stereocenters. The summed E-state index contributed by atoms with van der Waals surface area (Å²) in [4.78, 5) is 39.5. The van der Waals surface area contributed by atoms with Crippen LogP contribution in [0.1, 0.15) is 25.1 Å². The number of aromatic amines is 1. The first kappa shape index (κ1) is 15.6. The summed E-state index contributed by atoms with van der Waals surface area (Å²) < 4.78 is 4.99. The summed E-state index contributed by atoms with van der Waals surface area (Å²) in [5.41, 5.74) is 0.582.